The highest BCUT2D eigenvalue weighted by molar-refractivity contribution is 5.99. The fourth-order valence-corrected chi connectivity index (χ4v) is 1.88. The van der Waals surface area contributed by atoms with Gasteiger partial charge in [-0.3, -0.25) is 0 Å². The third-order valence-corrected chi connectivity index (χ3v) is 2.60. The van der Waals surface area contributed by atoms with Crippen LogP contribution in [0.5, 0.6) is 23.0 Å². The van der Waals surface area contributed by atoms with E-state index >= 15 is 0 Å². The first kappa shape index (κ1) is 11.4. The van der Waals surface area contributed by atoms with E-state index in [1.807, 2.05) is 0 Å². The molecule has 0 radical (unpaired) electrons. The number of esters is 1. The number of cyclic esters (lactones) is 1. The number of phenols is 1. The number of methoxy groups -OCH3 is 3. The lowest BCUT2D eigenvalue weighted by Gasteiger charge is -2.15. The monoisotopic (exact) mass is 240 g/mol. The number of benzene rings is 1. The average molecular weight is 240 g/mol. The average Bonchev–Trinajstić information content (AvgIpc) is 2.71. The Morgan fingerprint density at radius 3 is 2.18 bits per heavy atom. The first-order chi connectivity index (χ1) is 8.15. The highest BCUT2D eigenvalue weighted by Gasteiger charge is 2.35. The highest BCUT2D eigenvalue weighted by Crippen LogP contribution is 2.51. The summed E-state index contributed by atoms with van der Waals surface area (Å²) in [5, 5.41) is 9.95. The van der Waals surface area contributed by atoms with Crippen LogP contribution in [0.15, 0.2) is 0 Å². The number of fused-ring (bicyclic) bond motifs is 1. The van der Waals surface area contributed by atoms with Gasteiger partial charge in [-0.2, -0.15) is 0 Å². The second kappa shape index (κ2) is 4.04. The standard InChI is InChI=1S/C11H12O6/c1-14-8-5-4-17-11(13)6(5)7(12)9(15-2)10(8)16-3/h12H,4H2,1-3H3. The van der Waals surface area contributed by atoms with Crippen LogP contribution in [0, 0.1) is 0 Å². The molecule has 1 aromatic rings. The van der Waals surface area contributed by atoms with Crippen LogP contribution in [0.3, 0.4) is 0 Å². The van der Waals surface area contributed by atoms with Gasteiger partial charge in [-0.1, -0.05) is 0 Å². The van der Waals surface area contributed by atoms with E-state index in [9.17, 15) is 9.90 Å². The van der Waals surface area contributed by atoms with E-state index in [0.717, 1.165) is 0 Å². The third kappa shape index (κ3) is 1.44. The van der Waals surface area contributed by atoms with E-state index in [4.69, 9.17) is 18.9 Å². The van der Waals surface area contributed by atoms with E-state index in [2.05, 4.69) is 0 Å². The third-order valence-electron chi connectivity index (χ3n) is 2.60. The van der Waals surface area contributed by atoms with Gasteiger partial charge in [0.1, 0.15) is 12.2 Å². The second-order valence-electron chi connectivity index (χ2n) is 3.38. The molecule has 1 heterocycles. The van der Waals surface area contributed by atoms with Crippen molar-refractivity contribution in [2.24, 2.45) is 0 Å². The number of rotatable bonds is 3. The molecule has 0 saturated carbocycles. The molecule has 1 aromatic carbocycles. The van der Waals surface area contributed by atoms with Gasteiger partial charge < -0.3 is 24.1 Å². The van der Waals surface area contributed by atoms with Crippen LogP contribution in [0.25, 0.3) is 0 Å². The lowest BCUT2D eigenvalue weighted by atomic mass is 10.1. The van der Waals surface area contributed by atoms with E-state index in [-0.39, 0.29) is 29.4 Å². The minimum atomic E-state index is -0.600. The fraction of sp³-hybridized carbons (Fsp3) is 0.364. The molecule has 1 aliphatic heterocycles. The highest BCUT2D eigenvalue weighted by atomic mass is 16.6. The number of phenolic OH excluding ortho intramolecular Hbond substituents is 1. The van der Waals surface area contributed by atoms with Crippen LogP contribution >= 0.6 is 0 Å². The van der Waals surface area contributed by atoms with Crippen LogP contribution in [-0.4, -0.2) is 32.4 Å². The zero-order chi connectivity index (χ0) is 12.6. The summed E-state index contributed by atoms with van der Waals surface area (Å²) in [5.41, 5.74) is 0.534. The molecule has 0 spiro atoms. The van der Waals surface area contributed by atoms with Gasteiger partial charge in [0.15, 0.2) is 11.5 Å². The van der Waals surface area contributed by atoms with Crippen molar-refractivity contribution in [1.82, 2.24) is 0 Å². The molecule has 0 amide bonds. The SMILES string of the molecule is COc1c(O)c2c(c(OC)c1OC)COC2=O. The van der Waals surface area contributed by atoms with Crippen LogP contribution < -0.4 is 14.2 Å². The van der Waals surface area contributed by atoms with Crippen LogP contribution in [-0.2, 0) is 11.3 Å². The molecule has 6 nitrogen and oxygen atoms in total. The Balaban J connectivity index is 2.80. The van der Waals surface area contributed by atoms with Crippen LogP contribution in [0.1, 0.15) is 15.9 Å². The van der Waals surface area contributed by atoms with Crippen molar-refractivity contribution in [3.8, 4) is 23.0 Å². The summed E-state index contributed by atoms with van der Waals surface area (Å²) in [6, 6.07) is 0. The first-order valence-corrected chi connectivity index (χ1v) is 4.86. The molecule has 0 atom stereocenters. The number of carbonyl (C=O) groups excluding carboxylic acids is 1. The molecule has 2 rings (SSSR count). The van der Waals surface area contributed by atoms with Crippen molar-refractivity contribution in [2.75, 3.05) is 21.3 Å². The van der Waals surface area contributed by atoms with E-state index in [0.29, 0.717) is 11.3 Å². The second-order valence-corrected chi connectivity index (χ2v) is 3.38. The van der Waals surface area contributed by atoms with Gasteiger partial charge in [-0.25, -0.2) is 4.79 Å². The summed E-state index contributed by atoms with van der Waals surface area (Å²) < 4.78 is 20.2. The topological polar surface area (TPSA) is 74.2 Å². The Labute approximate surface area is 97.7 Å². The van der Waals surface area contributed by atoms with Crippen molar-refractivity contribution in [3.63, 3.8) is 0 Å². The molecule has 1 N–H and O–H groups in total. The molecular formula is C11H12O6. The van der Waals surface area contributed by atoms with Gasteiger partial charge in [0.2, 0.25) is 11.5 Å². The molecule has 0 bridgehead atoms. The Morgan fingerprint density at radius 1 is 1.06 bits per heavy atom. The largest absolute Gasteiger partial charge is 0.504 e. The Bertz CT molecular complexity index is 480. The maximum atomic E-state index is 11.5. The number of hydrogen-bond acceptors (Lipinski definition) is 6. The van der Waals surface area contributed by atoms with Gasteiger partial charge >= 0.3 is 5.97 Å². The summed E-state index contributed by atoms with van der Waals surface area (Å²) >= 11 is 0. The smallest absolute Gasteiger partial charge is 0.342 e. The minimum absolute atomic E-state index is 0.0469. The summed E-state index contributed by atoms with van der Waals surface area (Å²) in [5.74, 6) is -0.256. The molecule has 1 aliphatic rings. The normalized spacial score (nSPS) is 13.0. The zero-order valence-corrected chi connectivity index (χ0v) is 9.70. The van der Waals surface area contributed by atoms with E-state index in [1.54, 1.807) is 0 Å². The number of ether oxygens (including phenoxy) is 4. The van der Waals surface area contributed by atoms with Gasteiger partial charge in [0.05, 0.1) is 26.9 Å². The maximum absolute atomic E-state index is 11.5. The molecule has 0 unspecified atom stereocenters. The van der Waals surface area contributed by atoms with Crippen LogP contribution in [0.4, 0.5) is 0 Å². The Morgan fingerprint density at radius 2 is 1.65 bits per heavy atom. The Hall–Kier alpha value is -2.11. The number of carbonyl (C=O) groups is 1. The maximum Gasteiger partial charge on any atom is 0.342 e. The molecule has 17 heavy (non-hydrogen) atoms. The lowest BCUT2D eigenvalue weighted by molar-refractivity contribution is 0.0532. The molecule has 6 heteroatoms. The molecule has 0 fully saturated rings. The van der Waals surface area contributed by atoms with Gasteiger partial charge in [-0.05, 0) is 0 Å². The first-order valence-electron chi connectivity index (χ1n) is 4.86. The fourth-order valence-electron chi connectivity index (χ4n) is 1.88. The lowest BCUT2D eigenvalue weighted by Crippen LogP contribution is -2.02. The molecule has 0 aromatic heterocycles. The summed E-state index contributed by atoms with van der Waals surface area (Å²) in [7, 11) is 4.23. The predicted molar refractivity (Wildman–Crippen MR) is 56.9 cm³/mol. The number of aromatic hydroxyl groups is 1. The molecule has 0 saturated heterocycles. The zero-order valence-electron chi connectivity index (χ0n) is 9.70. The quantitative estimate of drug-likeness (QED) is 0.797. The summed E-state index contributed by atoms with van der Waals surface area (Å²) in [6.07, 6.45) is 0. The van der Waals surface area contributed by atoms with Gasteiger partial charge in [0.25, 0.3) is 0 Å². The molecular weight excluding hydrogens is 228 g/mol. The van der Waals surface area contributed by atoms with Gasteiger partial charge in [0, 0.05) is 0 Å². The predicted octanol–water partition coefficient (Wildman–Crippen LogP) is 1.09. The molecule has 92 valence electrons. The van der Waals surface area contributed by atoms with Crippen molar-refractivity contribution in [2.45, 2.75) is 6.61 Å². The summed E-state index contributed by atoms with van der Waals surface area (Å²) in [6.45, 7) is 0.0469. The van der Waals surface area contributed by atoms with Crippen molar-refractivity contribution in [3.05, 3.63) is 11.1 Å². The van der Waals surface area contributed by atoms with Crippen molar-refractivity contribution < 1.29 is 28.8 Å². The number of hydrogen-bond donors (Lipinski definition) is 1. The Kier molecular flexibility index (Phi) is 2.71. The minimum Gasteiger partial charge on any atom is -0.504 e. The van der Waals surface area contributed by atoms with Crippen molar-refractivity contribution in [1.29, 1.82) is 0 Å². The van der Waals surface area contributed by atoms with Gasteiger partial charge in [-0.15, -0.1) is 0 Å². The van der Waals surface area contributed by atoms with E-state index in [1.165, 1.54) is 21.3 Å². The van der Waals surface area contributed by atoms with E-state index < -0.39 is 5.97 Å². The van der Waals surface area contributed by atoms with Crippen LogP contribution in [0.2, 0.25) is 0 Å². The molecule has 0 aliphatic carbocycles. The summed E-state index contributed by atoms with van der Waals surface area (Å²) in [4.78, 5) is 11.5. The van der Waals surface area contributed by atoms with Crippen molar-refractivity contribution >= 4 is 5.97 Å².